The predicted molar refractivity (Wildman–Crippen MR) is 136 cm³/mol. The summed E-state index contributed by atoms with van der Waals surface area (Å²) in [4.78, 5) is 18.0. The summed E-state index contributed by atoms with van der Waals surface area (Å²) in [5, 5.41) is 3.18. The molecule has 0 aliphatic rings. The van der Waals surface area contributed by atoms with E-state index in [1.807, 2.05) is 42.5 Å². The number of methoxy groups -OCH3 is 2. The summed E-state index contributed by atoms with van der Waals surface area (Å²) >= 11 is 1.08. The van der Waals surface area contributed by atoms with Crippen LogP contribution in [0.1, 0.15) is 5.69 Å². The minimum atomic E-state index is -0.917. The zero-order chi connectivity index (χ0) is 25.2. The molecule has 0 saturated heterocycles. The monoisotopic (exact) mass is 505 g/mol. The average Bonchev–Trinajstić information content (AvgIpc) is 3.29. The van der Waals surface area contributed by atoms with Gasteiger partial charge in [-0.15, -0.1) is 11.8 Å². The van der Waals surface area contributed by atoms with E-state index in [1.54, 1.807) is 20.3 Å². The molecular formula is C27H21F2N3O3S. The van der Waals surface area contributed by atoms with Gasteiger partial charge in [0.05, 0.1) is 31.2 Å². The number of aromatic amines is 1. The van der Waals surface area contributed by atoms with Crippen LogP contribution in [-0.2, 0) is 5.75 Å². The number of hydrogen-bond donors (Lipinski definition) is 1. The summed E-state index contributed by atoms with van der Waals surface area (Å²) in [5.41, 5.74) is 3.58. The number of nitrogens with one attached hydrogen (secondary N) is 1. The van der Waals surface area contributed by atoms with Crippen molar-refractivity contribution in [1.29, 1.82) is 0 Å². The zero-order valence-corrected chi connectivity index (χ0v) is 20.2. The topological polar surface area (TPSA) is 68.6 Å². The van der Waals surface area contributed by atoms with Crippen molar-refractivity contribution in [1.82, 2.24) is 14.6 Å². The molecule has 0 aliphatic carbocycles. The molecule has 9 heteroatoms. The summed E-state index contributed by atoms with van der Waals surface area (Å²) in [6.45, 7) is 0. The molecule has 0 radical (unpaired) electrons. The molecule has 0 atom stereocenters. The number of rotatable bonds is 7. The summed E-state index contributed by atoms with van der Waals surface area (Å²) < 4.78 is 39.9. The first-order valence-corrected chi connectivity index (χ1v) is 12.0. The van der Waals surface area contributed by atoms with Crippen LogP contribution in [0.2, 0.25) is 0 Å². The van der Waals surface area contributed by atoms with E-state index in [2.05, 4.69) is 5.10 Å². The number of aromatic nitrogens is 3. The molecule has 5 rings (SSSR count). The fraction of sp³-hybridized carbons (Fsp3) is 0.111. The van der Waals surface area contributed by atoms with Crippen LogP contribution in [0.25, 0.3) is 28.0 Å². The normalized spacial score (nSPS) is 11.1. The second-order valence-corrected chi connectivity index (χ2v) is 8.90. The van der Waals surface area contributed by atoms with Crippen molar-refractivity contribution in [3.63, 3.8) is 0 Å². The Labute approximate surface area is 209 Å². The molecule has 6 nitrogen and oxygen atoms in total. The Kier molecular flexibility index (Phi) is 6.47. The van der Waals surface area contributed by atoms with Gasteiger partial charge in [-0.3, -0.25) is 9.89 Å². The third-order valence-electron chi connectivity index (χ3n) is 5.70. The fourth-order valence-corrected chi connectivity index (χ4v) is 4.84. The zero-order valence-electron chi connectivity index (χ0n) is 19.4. The molecular weight excluding hydrogens is 484 g/mol. The Morgan fingerprint density at radius 2 is 1.69 bits per heavy atom. The second kappa shape index (κ2) is 9.87. The van der Waals surface area contributed by atoms with Gasteiger partial charge < -0.3 is 9.47 Å². The van der Waals surface area contributed by atoms with E-state index in [1.165, 1.54) is 22.7 Å². The summed E-state index contributed by atoms with van der Waals surface area (Å²) in [7, 11) is 3.12. The van der Waals surface area contributed by atoms with Gasteiger partial charge in [-0.1, -0.05) is 36.4 Å². The quantitative estimate of drug-likeness (QED) is 0.277. The Morgan fingerprint density at radius 3 is 2.44 bits per heavy atom. The highest BCUT2D eigenvalue weighted by molar-refractivity contribution is 7.98. The molecule has 2 heterocycles. The maximum atomic E-state index is 14.1. The van der Waals surface area contributed by atoms with E-state index in [0.29, 0.717) is 28.5 Å². The number of halogens is 2. The molecule has 0 bridgehead atoms. The average molecular weight is 506 g/mol. The molecule has 5 aromatic rings. The number of thioether (sulfide) groups is 1. The number of H-pyrrole nitrogens is 1. The van der Waals surface area contributed by atoms with Crippen LogP contribution in [-0.4, -0.2) is 28.8 Å². The molecule has 36 heavy (non-hydrogen) atoms. The van der Waals surface area contributed by atoms with E-state index in [-0.39, 0.29) is 16.2 Å². The molecule has 1 N–H and O–H groups in total. The lowest BCUT2D eigenvalue weighted by molar-refractivity contribution is 0.355. The van der Waals surface area contributed by atoms with E-state index >= 15 is 0 Å². The third-order valence-corrected chi connectivity index (χ3v) is 6.76. The number of fused-ring (bicyclic) bond motifs is 1. The van der Waals surface area contributed by atoms with Crippen molar-refractivity contribution in [3.05, 3.63) is 100 Å². The van der Waals surface area contributed by atoms with Gasteiger partial charge in [0.2, 0.25) is 0 Å². The van der Waals surface area contributed by atoms with E-state index in [4.69, 9.17) is 14.5 Å². The first-order valence-electron chi connectivity index (χ1n) is 11.0. The highest BCUT2D eigenvalue weighted by Crippen LogP contribution is 2.38. The number of ether oxygens (including phenoxy) is 2. The first-order chi connectivity index (χ1) is 17.5. The minimum Gasteiger partial charge on any atom is -0.493 e. The second-order valence-electron chi connectivity index (χ2n) is 7.88. The van der Waals surface area contributed by atoms with Crippen molar-refractivity contribution < 1.29 is 18.3 Å². The van der Waals surface area contributed by atoms with Crippen molar-refractivity contribution in [3.8, 4) is 33.9 Å². The molecule has 0 saturated carbocycles. The van der Waals surface area contributed by atoms with Crippen molar-refractivity contribution >= 4 is 17.4 Å². The highest BCUT2D eigenvalue weighted by Gasteiger charge is 2.20. The van der Waals surface area contributed by atoms with E-state index < -0.39 is 11.6 Å². The molecule has 0 spiro atoms. The van der Waals surface area contributed by atoms with Crippen LogP contribution in [0, 0.1) is 11.6 Å². The smallest absolute Gasteiger partial charge is 0.272 e. The van der Waals surface area contributed by atoms with Gasteiger partial charge in [0.25, 0.3) is 5.56 Å². The maximum Gasteiger partial charge on any atom is 0.272 e. The highest BCUT2D eigenvalue weighted by atomic mass is 32.2. The van der Waals surface area contributed by atoms with E-state index in [9.17, 15) is 13.6 Å². The van der Waals surface area contributed by atoms with Crippen LogP contribution in [0.15, 0.2) is 82.5 Å². The van der Waals surface area contributed by atoms with Crippen LogP contribution < -0.4 is 15.0 Å². The van der Waals surface area contributed by atoms with Gasteiger partial charge >= 0.3 is 0 Å². The molecule has 0 amide bonds. The summed E-state index contributed by atoms with van der Waals surface area (Å²) in [6, 6.07) is 20.5. The lowest BCUT2D eigenvalue weighted by Crippen LogP contribution is -2.15. The predicted octanol–water partition coefficient (Wildman–Crippen LogP) is 5.94. The van der Waals surface area contributed by atoms with Crippen molar-refractivity contribution in [2.75, 3.05) is 14.2 Å². The van der Waals surface area contributed by atoms with Crippen LogP contribution in [0.3, 0.4) is 0 Å². The standard InChI is InChI=1S/C27H21F2N3O3S/c1-34-20-12-11-17(13-21(20)35-2)26-24(16-7-4-3-5-8-16)27-30-18(14-23(33)32(27)31-26)15-36-22-10-6-9-19(28)25(22)29/h3-14,31H,15H2,1-2H3. The summed E-state index contributed by atoms with van der Waals surface area (Å²) in [6.07, 6.45) is 0. The SMILES string of the molecule is COc1ccc(-c2[nH]n3c(=O)cc(CSc4cccc(F)c4F)nc3c2-c2ccccc2)cc1OC. The van der Waals surface area contributed by atoms with Crippen molar-refractivity contribution in [2.45, 2.75) is 10.6 Å². The fourth-order valence-electron chi connectivity index (χ4n) is 3.99. The maximum absolute atomic E-state index is 14.1. The minimum absolute atomic E-state index is 0.153. The molecule has 182 valence electrons. The Hall–Kier alpha value is -4.11. The number of nitrogens with zero attached hydrogens (tertiary/aromatic N) is 2. The van der Waals surface area contributed by atoms with Gasteiger partial charge in [0, 0.05) is 22.3 Å². The molecule has 3 aromatic carbocycles. The molecule has 2 aromatic heterocycles. The van der Waals surface area contributed by atoms with Gasteiger partial charge in [0.1, 0.15) is 0 Å². The largest absolute Gasteiger partial charge is 0.493 e. The van der Waals surface area contributed by atoms with Gasteiger partial charge in [-0.25, -0.2) is 18.3 Å². The lowest BCUT2D eigenvalue weighted by Gasteiger charge is -2.10. The Balaban J connectivity index is 1.65. The molecule has 0 fully saturated rings. The molecule has 0 aliphatic heterocycles. The summed E-state index contributed by atoms with van der Waals surface area (Å²) in [5.74, 6) is -0.514. The molecule has 0 unspecified atom stereocenters. The van der Waals surface area contributed by atoms with Gasteiger partial charge in [-0.2, -0.15) is 0 Å². The van der Waals surface area contributed by atoms with Gasteiger partial charge in [-0.05, 0) is 35.9 Å². The lowest BCUT2D eigenvalue weighted by atomic mass is 10.0. The van der Waals surface area contributed by atoms with Crippen LogP contribution >= 0.6 is 11.8 Å². The number of hydrogen-bond acceptors (Lipinski definition) is 5. The van der Waals surface area contributed by atoms with E-state index in [0.717, 1.165) is 34.5 Å². The van der Waals surface area contributed by atoms with Crippen LogP contribution in [0.5, 0.6) is 11.5 Å². The van der Waals surface area contributed by atoms with Gasteiger partial charge in [0.15, 0.2) is 28.8 Å². The third kappa shape index (κ3) is 4.33. The number of benzene rings is 3. The van der Waals surface area contributed by atoms with Crippen LogP contribution in [0.4, 0.5) is 8.78 Å². The first kappa shape index (κ1) is 23.6. The Bertz CT molecular complexity index is 1620. The Morgan fingerprint density at radius 1 is 0.917 bits per heavy atom. The van der Waals surface area contributed by atoms with Crippen molar-refractivity contribution in [2.24, 2.45) is 0 Å².